The van der Waals surface area contributed by atoms with Gasteiger partial charge in [0, 0.05) is 24.8 Å². The second-order valence-electron chi connectivity index (χ2n) is 5.12. The molecular formula is C14H18BrNO. The summed E-state index contributed by atoms with van der Waals surface area (Å²) in [5.41, 5.74) is 1.37. The second-order valence-corrected chi connectivity index (χ2v) is 5.77. The van der Waals surface area contributed by atoms with Crippen LogP contribution in [0, 0.1) is 5.92 Å². The Balaban J connectivity index is 1.56. The van der Waals surface area contributed by atoms with Gasteiger partial charge in [-0.25, -0.2) is 0 Å². The van der Waals surface area contributed by atoms with Crippen molar-refractivity contribution in [3.8, 4) is 5.75 Å². The molecule has 0 spiro atoms. The molecule has 1 fully saturated rings. The van der Waals surface area contributed by atoms with Crippen molar-refractivity contribution in [1.29, 1.82) is 0 Å². The van der Waals surface area contributed by atoms with Crippen LogP contribution in [-0.2, 0) is 6.42 Å². The summed E-state index contributed by atoms with van der Waals surface area (Å²) in [5, 5.41) is 1.13. The highest BCUT2D eigenvalue weighted by molar-refractivity contribution is 9.09. The third kappa shape index (κ3) is 2.50. The van der Waals surface area contributed by atoms with Crippen LogP contribution in [0.2, 0.25) is 0 Å². The van der Waals surface area contributed by atoms with Gasteiger partial charge in [-0.3, -0.25) is 4.90 Å². The first-order valence-electron chi connectivity index (χ1n) is 6.38. The van der Waals surface area contributed by atoms with Gasteiger partial charge in [-0.05, 0) is 30.5 Å². The fourth-order valence-corrected chi connectivity index (χ4v) is 3.38. The van der Waals surface area contributed by atoms with E-state index in [1.54, 1.807) is 0 Å². The van der Waals surface area contributed by atoms with E-state index in [2.05, 4.69) is 45.1 Å². The largest absolute Gasteiger partial charge is 0.488 e. The SMILES string of the molecule is BrCC1CCN(CC2Cc3ccccc3O2)C1. The predicted octanol–water partition coefficient (Wildman–Crippen LogP) is 2.71. The van der Waals surface area contributed by atoms with Gasteiger partial charge in [0.25, 0.3) is 0 Å². The van der Waals surface area contributed by atoms with Gasteiger partial charge >= 0.3 is 0 Å². The average molecular weight is 296 g/mol. The van der Waals surface area contributed by atoms with Crippen LogP contribution in [0.15, 0.2) is 24.3 Å². The lowest BCUT2D eigenvalue weighted by Crippen LogP contribution is -2.33. The van der Waals surface area contributed by atoms with Crippen LogP contribution in [-0.4, -0.2) is 36.0 Å². The van der Waals surface area contributed by atoms with Gasteiger partial charge in [-0.15, -0.1) is 0 Å². The van der Waals surface area contributed by atoms with Gasteiger partial charge in [-0.1, -0.05) is 34.1 Å². The highest BCUT2D eigenvalue weighted by atomic mass is 79.9. The quantitative estimate of drug-likeness (QED) is 0.795. The molecule has 2 aliphatic rings. The van der Waals surface area contributed by atoms with Crippen molar-refractivity contribution in [3.63, 3.8) is 0 Å². The van der Waals surface area contributed by atoms with E-state index >= 15 is 0 Å². The van der Waals surface area contributed by atoms with Crippen molar-refractivity contribution < 1.29 is 4.74 Å². The van der Waals surface area contributed by atoms with Gasteiger partial charge in [0.15, 0.2) is 0 Å². The molecule has 0 aliphatic carbocycles. The lowest BCUT2D eigenvalue weighted by Gasteiger charge is -2.20. The Morgan fingerprint density at radius 3 is 3.00 bits per heavy atom. The molecule has 3 rings (SSSR count). The van der Waals surface area contributed by atoms with Crippen molar-refractivity contribution in [2.75, 3.05) is 25.0 Å². The summed E-state index contributed by atoms with van der Waals surface area (Å²) < 4.78 is 5.98. The average Bonchev–Trinajstić information content (AvgIpc) is 2.94. The zero-order chi connectivity index (χ0) is 11.7. The van der Waals surface area contributed by atoms with Gasteiger partial charge in [0.2, 0.25) is 0 Å². The zero-order valence-corrected chi connectivity index (χ0v) is 11.5. The minimum atomic E-state index is 0.362. The van der Waals surface area contributed by atoms with E-state index in [-0.39, 0.29) is 0 Å². The lowest BCUT2D eigenvalue weighted by molar-refractivity contribution is 0.166. The Morgan fingerprint density at radius 1 is 1.35 bits per heavy atom. The van der Waals surface area contributed by atoms with Crippen LogP contribution < -0.4 is 4.74 Å². The Hall–Kier alpha value is -0.540. The van der Waals surface area contributed by atoms with Crippen molar-refractivity contribution >= 4 is 15.9 Å². The molecule has 1 saturated heterocycles. The molecule has 92 valence electrons. The number of para-hydroxylation sites is 1. The van der Waals surface area contributed by atoms with Crippen LogP contribution in [0.3, 0.4) is 0 Å². The van der Waals surface area contributed by atoms with E-state index < -0.39 is 0 Å². The molecule has 2 nitrogen and oxygen atoms in total. The normalized spacial score (nSPS) is 28.1. The highest BCUT2D eigenvalue weighted by Gasteiger charge is 2.28. The highest BCUT2D eigenvalue weighted by Crippen LogP contribution is 2.29. The van der Waals surface area contributed by atoms with Crippen LogP contribution in [0.5, 0.6) is 5.75 Å². The second kappa shape index (κ2) is 4.99. The first kappa shape index (κ1) is 11.5. The Kier molecular flexibility index (Phi) is 3.39. The molecule has 1 aromatic rings. The van der Waals surface area contributed by atoms with Gasteiger partial charge in [0.1, 0.15) is 11.9 Å². The van der Waals surface area contributed by atoms with Gasteiger partial charge in [0.05, 0.1) is 0 Å². The standard InChI is InChI=1S/C14H18BrNO/c15-8-11-5-6-16(9-11)10-13-7-12-3-1-2-4-14(12)17-13/h1-4,11,13H,5-10H2. The third-order valence-corrected chi connectivity index (χ3v) is 4.68. The molecule has 0 bridgehead atoms. The van der Waals surface area contributed by atoms with E-state index in [0.717, 1.165) is 30.0 Å². The molecule has 0 radical (unpaired) electrons. The topological polar surface area (TPSA) is 12.5 Å². The number of likely N-dealkylation sites (tertiary alicyclic amines) is 1. The fraction of sp³-hybridized carbons (Fsp3) is 0.571. The van der Waals surface area contributed by atoms with E-state index in [1.807, 2.05) is 0 Å². The maximum atomic E-state index is 5.98. The van der Waals surface area contributed by atoms with E-state index in [1.165, 1.54) is 25.1 Å². The maximum absolute atomic E-state index is 5.98. The number of rotatable bonds is 3. The molecule has 2 heterocycles. The summed E-state index contributed by atoms with van der Waals surface area (Å²) in [6, 6.07) is 8.42. The van der Waals surface area contributed by atoms with Crippen molar-refractivity contribution in [2.24, 2.45) is 5.92 Å². The Bertz CT molecular complexity index is 371. The van der Waals surface area contributed by atoms with Crippen molar-refractivity contribution in [1.82, 2.24) is 4.90 Å². The number of ether oxygens (including phenoxy) is 1. The summed E-state index contributed by atoms with van der Waals surface area (Å²) in [4.78, 5) is 2.54. The monoisotopic (exact) mass is 295 g/mol. The van der Waals surface area contributed by atoms with Crippen LogP contribution in [0.4, 0.5) is 0 Å². The molecule has 0 saturated carbocycles. The molecule has 2 aliphatic heterocycles. The maximum Gasteiger partial charge on any atom is 0.123 e. The summed E-state index contributed by atoms with van der Waals surface area (Å²) in [6.45, 7) is 3.53. The number of alkyl halides is 1. The number of nitrogens with zero attached hydrogens (tertiary/aromatic N) is 1. The van der Waals surface area contributed by atoms with E-state index in [0.29, 0.717) is 6.10 Å². The molecule has 0 N–H and O–H groups in total. The smallest absolute Gasteiger partial charge is 0.123 e. The molecule has 0 aromatic heterocycles. The third-order valence-electron chi connectivity index (χ3n) is 3.76. The number of hydrogen-bond donors (Lipinski definition) is 0. The van der Waals surface area contributed by atoms with E-state index in [9.17, 15) is 0 Å². The molecule has 17 heavy (non-hydrogen) atoms. The lowest BCUT2D eigenvalue weighted by atomic mass is 10.1. The predicted molar refractivity (Wildman–Crippen MR) is 72.9 cm³/mol. The minimum absolute atomic E-state index is 0.362. The molecule has 0 amide bonds. The van der Waals surface area contributed by atoms with Crippen LogP contribution in [0.25, 0.3) is 0 Å². The van der Waals surface area contributed by atoms with Crippen LogP contribution >= 0.6 is 15.9 Å². The molecule has 3 heteroatoms. The summed E-state index contributed by atoms with van der Waals surface area (Å²) in [5.74, 6) is 1.92. The minimum Gasteiger partial charge on any atom is -0.488 e. The number of fused-ring (bicyclic) bond motifs is 1. The summed E-state index contributed by atoms with van der Waals surface area (Å²) >= 11 is 3.58. The number of benzene rings is 1. The fourth-order valence-electron chi connectivity index (χ4n) is 2.85. The Morgan fingerprint density at radius 2 is 2.24 bits per heavy atom. The van der Waals surface area contributed by atoms with E-state index in [4.69, 9.17) is 4.74 Å². The summed E-state index contributed by atoms with van der Waals surface area (Å²) in [7, 11) is 0. The first-order valence-corrected chi connectivity index (χ1v) is 7.50. The zero-order valence-electron chi connectivity index (χ0n) is 9.94. The molecule has 2 atom stereocenters. The molecule has 2 unspecified atom stereocenters. The number of halogens is 1. The van der Waals surface area contributed by atoms with Crippen molar-refractivity contribution in [3.05, 3.63) is 29.8 Å². The molecular weight excluding hydrogens is 278 g/mol. The van der Waals surface area contributed by atoms with Crippen molar-refractivity contribution in [2.45, 2.75) is 18.9 Å². The number of hydrogen-bond acceptors (Lipinski definition) is 2. The Labute approximate surface area is 111 Å². The summed E-state index contributed by atoms with van der Waals surface area (Å²) in [6.07, 6.45) is 2.76. The van der Waals surface area contributed by atoms with Gasteiger partial charge in [-0.2, -0.15) is 0 Å². The first-order chi connectivity index (χ1) is 8.35. The van der Waals surface area contributed by atoms with Crippen LogP contribution in [0.1, 0.15) is 12.0 Å². The molecule has 1 aromatic carbocycles. The van der Waals surface area contributed by atoms with Gasteiger partial charge < -0.3 is 4.74 Å².